The Morgan fingerprint density at radius 1 is 1.23 bits per heavy atom. The molecule has 0 saturated carbocycles. The van der Waals surface area contributed by atoms with E-state index in [4.69, 9.17) is 5.73 Å². The summed E-state index contributed by atoms with van der Waals surface area (Å²) >= 11 is 1.17. The number of nitrogen functional groups attached to an aromatic ring is 1. The molecule has 0 bridgehead atoms. The number of amides is 2. The van der Waals surface area contributed by atoms with E-state index < -0.39 is 5.91 Å². The summed E-state index contributed by atoms with van der Waals surface area (Å²) in [5.74, 6) is -0.376. The maximum atomic E-state index is 13.3. The van der Waals surface area contributed by atoms with Crippen LogP contribution in [0.1, 0.15) is 63.7 Å². The number of hydrogen-bond acceptors (Lipinski definition) is 9. The minimum absolute atomic E-state index is 0.150. The summed E-state index contributed by atoms with van der Waals surface area (Å²) in [4.78, 5) is 41.8. The second kappa shape index (κ2) is 8.68. The van der Waals surface area contributed by atoms with Gasteiger partial charge in [0.15, 0.2) is 10.8 Å². The van der Waals surface area contributed by atoms with Gasteiger partial charge in [-0.3, -0.25) is 20.0 Å². The third kappa shape index (κ3) is 4.39. The molecule has 4 heterocycles. The molecular weight excluding hydrogens is 466 g/mol. The molecule has 11 nitrogen and oxygen atoms in total. The first-order valence-corrected chi connectivity index (χ1v) is 12.4. The Hall–Kier alpha value is -3.38. The van der Waals surface area contributed by atoms with Gasteiger partial charge in [-0.1, -0.05) is 25.2 Å². The minimum Gasteiger partial charge on any atom is -0.368 e. The number of carbonyl (C=O) groups excluding carboxylic acids is 2. The van der Waals surface area contributed by atoms with E-state index in [0.29, 0.717) is 33.5 Å². The number of rotatable bonds is 4. The number of carbonyl (C=O) groups is 2. The Bertz CT molecular complexity index is 1300. The first-order chi connectivity index (χ1) is 16.6. The van der Waals surface area contributed by atoms with Crippen molar-refractivity contribution in [3.05, 3.63) is 33.6 Å². The maximum Gasteiger partial charge on any atom is 0.278 e. The summed E-state index contributed by atoms with van der Waals surface area (Å²) < 4.78 is 0. The third-order valence-corrected chi connectivity index (χ3v) is 7.76. The lowest BCUT2D eigenvalue weighted by molar-refractivity contribution is 0.0919. The number of aryl methyl sites for hydroxylation is 1. The average molecular weight is 496 g/mol. The maximum absolute atomic E-state index is 13.3. The van der Waals surface area contributed by atoms with Gasteiger partial charge >= 0.3 is 0 Å². The van der Waals surface area contributed by atoms with Crippen molar-refractivity contribution in [3.63, 3.8) is 0 Å². The molecule has 184 valence electrons. The normalized spacial score (nSPS) is 17.5. The molecule has 0 unspecified atom stereocenters. The van der Waals surface area contributed by atoms with E-state index in [1.165, 1.54) is 11.3 Å². The van der Waals surface area contributed by atoms with Gasteiger partial charge in [0.2, 0.25) is 5.95 Å². The van der Waals surface area contributed by atoms with Crippen molar-refractivity contribution in [2.45, 2.75) is 51.5 Å². The van der Waals surface area contributed by atoms with Crippen LogP contribution in [0.3, 0.4) is 0 Å². The monoisotopic (exact) mass is 495 g/mol. The number of H-pyrrole nitrogens is 1. The zero-order chi connectivity index (χ0) is 24.9. The van der Waals surface area contributed by atoms with E-state index in [-0.39, 0.29) is 29.0 Å². The second-order valence-electron chi connectivity index (χ2n) is 9.92. The Kier molecular flexibility index (Phi) is 5.80. The highest BCUT2D eigenvalue weighted by molar-refractivity contribution is 7.17. The molecule has 5 N–H and O–H groups in total. The van der Waals surface area contributed by atoms with Crippen LogP contribution >= 0.6 is 11.3 Å². The fourth-order valence-electron chi connectivity index (χ4n) is 4.89. The van der Waals surface area contributed by atoms with E-state index in [2.05, 4.69) is 61.6 Å². The highest BCUT2D eigenvalue weighted by atomic mass is 32.1. The fraction of sp³-hybridized carbons (Fsp3) is 0.478. The van der Waals surface area contributed by atoms with Crippen LogP contribution in [0.2, 0.25) is 0 Å². The lowest BCUT2D eigenvalue weighted by atomic mass is 9.73. The van der Waals surface area contributed by atoms with Gasteiger partial charge in [-0.15, -0.1) is 0 Å². The van der Waals surface area contributed by atoms with Crippen molar-refractivity contribution in [2.75, 3.05) is 31.2 Å². The molecule has 12 heteroatoms. The molecule has 0 aromatic carbocycles. The molecule has 0 atom stereocenters. The molecule has 3 aromatic heterocycles. The van der Waals surface area contributed by atoms with Crippen LogP contribution in [0.5, 0.6) is 0 Å². The first-order valence-electron chi connectivity index (χ1n) is 11.6. The van der Waals surface area contributed by atoms with Crippen LogP contribution in [0, 0.1) is 6.92 Å². The van der Waals surface area contributed by atoms with Gasteiger partial charge < -0.3 is 16.0 Å². The van der Waals surface area contributed by atoms with Gasteiger partial charge in [0.25, 0.3) is 11.8 Å². The van der Waals surface area contributed by atoms with Gasteiger partial charge in [-0.05, 0) is 57.3 Å². The number of thiazole rings is 1. The number of anilines is 2. The zero-order valence-electron chi connectivity index (χ0n) is 20.2. The Morgan fingerprint density at radius 3 is 2.71 bits per heavy atom. The molecule has 3 aromatic rings. The van der Waals surface area contributed by atoms with Gasteiger partial charge in [0.05, 0.1) is 17.1 Å². The highest BCUT2D eigenvalue weighted by Gasteiger charge is 2.38. The topological polar surface area (TPSA) is 155 Å². The number of nitrogens with two attached hydrogens (primary N) is 1. The number of aromatic nitrogens is 5. The smallest absolute Gasteiger partial charge is 0.278 e. The number of hydrogen-bond donors (Lipinski definition) is 4. The molecule has 5 rings (SSSR count). The van der Waals surface area contributed by atoms with Gasteiger partial charge in [-0.2, -0.15) is 5.10 Å². The summed E-state index contributed by atoms with van der Waals surface area (Å²) in [5.41, 5.74) is 9.34. The highest BCUT2D eigenvalue weighted by Crippen LogP contribution is 2.42. The number of nitrogens with zero attached hydrogens (tertiary/aromatic N) is 5. The summed E-state index contributed by atoms with van der Waals surface area (Å²) in [5, 5.41) is 13.6. The predicted molar refractivity (Wildman–Crippen MR) is 134 cm³/mol. The van der Waals surface area contributed by atoms with E-state index >= 15 is 0 Å². The number of fused-ring (bicyclic) bond motifs is 3. The minimum atomic E-state index is -0.392. The quantitative estimate of drug-likeness (QED) is 0.429. The van der Waals surface area contributed by atoms with E-state index in [0.717, 1.165) is 37.1 Å². The van der Waals surface area contributed by atoms with E-state index in [9.17, 15) is 9.59 Å². The Balaban J connectivity index is 1.36. The molecule has 1 saturated heterocycles. The number of likely N-dealkylation sites (tertiary alicyclic amines) is 1. The van der Waals surface area contributed by atoms with Crippen LogP contribution < -0.4 is 16.4 Å². The lowest BCUT2D eigenvalue weighted by Gasteiger charge is -2.31. The van der Waals surface area contributed by atoms with Gasteiger partial charge in [0.1, 0.15) is 4.88 Å². The molecule has 1 aliphatic carbocycles. The molecule has 2 amide bonds. The van der Waals surface area contributed by atoms with E-state index in [1.54, 1.807) is 13.1 Å². The molecule has 35 heavy (non-hydrogen) atoms. The summed E-state index contributed by atoms with van der Waals surface area (Å²) in [6.45, 7) is 7.80. The molecule has 0 radical (unpaired) electrons. The fourth-order valence-corrected chi connectivity index (χ4v) is 5.75. The van der Waals surface area contributed by atoms with Crippen LogP contribution in [-0.2, 0) is 11.8 Å². The SMILES string of the molecule is Cc1nc(NC(=O)c2n[nH]c3c2C(C)(C)Cc2cnc(N)nc2-3)sc1C(=O)NC1CCN(C)CC1. The number of piperidine rings is 1. The third-order valence-electron chi connectivity index (χ3n) is 6.69. The Morgan fingerprint density at radius 2 is 1.97 bits per heavy atom. The first kappa shape index (κ1) is 23.4. The molecule has 1 aliphatic heterocycles. The second-order valence-corrected chi connectivity index (χ2v) is 10.9. The van der Waals surface area contributed by atoms with Crippen LogP contribution in [0.15, 0.2) is 6.20 Å². The van der Waals surface area contributed by atoms with Crippen molar-refractivity contribution < 1.29 is 9.59 Å². The number of nitrogens with one attached hydrogen (secondary N) is 3. The van der Waals surface area contributed by atoms with Gasteiger partial charge in [0, 0.05) is 17.8 Å². The molecule has 0 spiro atoms. The van der Waals surface area contributed by atoms with Crippen LogP contribution in [0.25, 0.3) is 11.4 Å². The van der Waals surface area contributed by atoms with Crippen LogP contribution in [-0.4, -0.2) is 68.0 Å². The average Bonchev–Trinajstić information content (AvgIpc) is 3.41. The largest absolute Gasteiger partial charge is 0.368 e. The predicted octanol–water partition coefficient (Wildman–Crippen LogP) is 2.12. The van der Waals surface area contributed by atoms with Crippen molar-refractivity contribution in [1.29, 1.82) is 0 Å². The number of aromatic amines is 1. The van der Waals surface area contributed by atoms with Crippen molar-refractivity contribution >= 4 is 34.2 Å². The Labute approximate surface area is 206 Å². The van der Waals surface area contributed by atoms with Crippen molar-refractivity contribution in [3.8, 4) is 11.4 Å². The summed E-state index contributed by atoms with van der Waals surface area (Å²) in [6.07, 6.45) is 4.21. The standard InChI is InChI=1S/C23H29N9O2S/c1-11-18(20(34)27-13-5-7-32(4)8-6-13)35-22(26-11)29-19(33)17-14-16(30-31-17)15-12(9-23(14,2)3)10-25-21(24)28-15/h10,13H,5-9H2,1-4H3,(H,27,34)(H,30,31)(H2,24,25,28)(H,26,29,33). The summed E-state index contributed by atoms with van der Waals surface area (Å²) in [7, 11) is 2.08. The van der Waals surface area contributed by atoms with Crippen LogP contribution in [0.4, 0.5) is 11.1 Å². The van der Waals surface area contributed by atoms with Gasteiger partial charge in [-0.25, -0.2) is 15.0 Å². The van der Waals surface area contributed by atoms with E-state index in [1.807, 2.05) is 0 Å². The summed E-state index contributed by atoms with van der Waals surface area (Å²) in [6, 6.07) is 0.150. The molecule has 1 fully saturated rings. The zero-order valence-corrected chi connectivity index (χ0v) is 21.0. The molecule has 2 aliphatic rings. The molecular formula is C23H29N9O2S. The van der Waals surface area contributed by atoms with Crippen molar-refractivity contribution in [1.82, 2.24) is 35.4 Å². The lowest BCUT2D eigenvalue weighted by Crippen LogP contribution is -2.43. The van der Waals surface area contributed by atoms with Crippen molar-refractivity contribution in [2.24, 2.45) is 0 Å².